The van der Waals surface area contributed by atoms with Gasteiger partial charge in [-0.15, -0.1) is 0 Å². The molecule has 0 bridgehead atoms. The molecule has 0 saturated carbocycles. The van der Waals surface area contributed by atoms with Gasteiger partial charge in [-0.25, -0.2) is 8.78 Å². The molecule has 3 N–H and O–H groups in total. The van der Waals surface area contributed by atoms with E-state index in [1.807, 2.05) is 0 Å². The van der Waals surface area contributed by atoms with Crippen LogP contribution in [0.5, 0.6) is 5.75 Å². The van der Waals surface area contributed by atoms with Crippen LogP contribution in [0.25, 0.3) is 0 Å². The molecule has 0 radical (unpaired) electrons. The zero-order valence-corrected chi connectivity index (χ0v) is 18.1. The molecule has 1 aliphatic rings. The van der Waals surface area contributed by atoms with Gasteiger partial charge in [-0.1, -0.05) is 13.0 Å². The summed E-state index contributed by atoms with van der Waals surface area (Å²) >= 11 is 0. The van der Waals surface area contributed by atoms with E-state index in [1.54, 1.807) is 0 Å². The Balaban J connectivity index is 2.07. The van der Waals surface area contributed by atoms with E-state index in [1.165, 1.54) is 0 Å². The quantitative estimate of drug-likeness (QED) is 0.552. The van der Waals surface area contributed by atoms with Gasteiger partial charge < -0.3 is 20.5 Å². The monoisotopic (exact) mass is 508 g/mol. The van der Waals surface area contributed by atoms with Gasteiger partial charge in [-0.3, -0.25) is 9.59 Å². The molecule has 1 saturated heterocycles. The molecule has 0 aromatic heterocycles. The van der Waals surface area contributed by atoms with E-state index in [4.69, 9.17) is 10.5 Å². The Labute approximate surface area is 194 Å². The fourth-order valence-corrected chi connectivity index (χ4v) is 4.01. The first-order valence-corrected chi connectivity index (χ1v) is 10.0. The summed E-state index contributed by atoms with van der Waals surface area (Å²) in [6, 6.07) is 5.01. The summed E-state index contributed by atoms with van der Waals surface area (Å²) in [5.41, 5.74) is 1.05. The lowest BCUT2D eigenvalue weighted by atomic mass is 9.77. The van der Waals surface area contributed by atoms with E-state index < -0.39 is 71.1 Å². The number of nitrogens with one attached hydrogen (secondary N) is 1. The van der Waals surface area contributed by atoms with E-state index in [2.05, 4.69) is 10.1 Å². The molecule has 13 heteroatoms. The number of carbonyl (C=O) groups excluding carboxylic acids is 2. The predicted octanol–water partition coefficient (Wildman–Crippen LogP) is 4.74. The third-order valence-corrected chi connectivity index (χ3v) is 5.98. The van der Waals surface area contributed by atoms with Crippen LogP contribution in [0, 0.1) is 17.6 Å². The summed E-state index contributed by atoms with van der Waals surface area (Å²) < 4.78 is 105. The molecule has 35 heavy (non-hydrogen) atoms. The van der Waals surface area contributed by atoms with Crippen molar-refractivity contribution in [2.75, 3.05) is 5.32 Å². The fraction of sp³-hybridized carbons (Fsp3) is 0.364. The SMILES string of the molecule is C[C@@H]1[C@@H](c2ccc(F)cc2OC(F)F)[C@@H](C(=O)Nc2ccc(F)c(C(N)=O)c2)O[C@@]1(C)C(F)(F)F. The Hall–Kier alpha value is -3.35. The third-order valence-electron chi connectivity index (χ3n) is 5.98. The first-order valence-electron chi connectivity index (χ1n) is 10.0. The molecule has 1 aliphatic heterocycles. The number of primary amides is 1. The van der Waals surface area contributed by atoms with Crippen LogP contribution < -0.4 is 15.8 Å². The lowest BCUT2D eigenvalue weighted by molar-refractivity contribution is -0.272. The molecule has 0 aliphatic carbocycles. The van der Waals surface area contributed by atoms with Gasteiger partial charge in [0, 0.05) is 29.2 Å². The topological polar surface area (TPSA) is 90.6 Å². The molecule has 0 unspecified atom stereocenters. The molecule has 6 nitrogen and oxygen atoms in total. The van der Waals surface area contributed by atoms with Crippen LogP contribution in [0.4, 0.5) is 36.4 Å². The number of hydrogen-bond donors (Lipinski definition) is 2. The van der Waals surface area contributed by atoms with Crippen LogP contribution in [0.1, 0.15) is 35.7 Å². The maximum Gasteiger partial charge on any atom is 0.417 e. The number of benzene rings is 2. The normalized spacial score (nSPS) is 24.5. The summed E-state index contributed by atoms with van der Waals surface area (Å²) in [5.74, 6) is -8.13. The first kappa shape index (κ1) is 26.3. The number of anilines is 1. The predicted molar refractivity (Wildman–Crippen MR) is 108 cm³/mol. The number of rotatable bonds is 6. The molecule has 4 atom stereocenters. The molecular weight excluding hydrogens is 489 g/mol. The molecule has 2 aromatic rings. The molecular formula is C22H19F7N2O4. The van der Waals surface area contributed by atoms with Gasteiger partial charge in [0.15, 0.2) is 5.60 Å². The van der Waals surface area contributed by atoms with E-state index in [0.717, 1.165) is 37.3 Å². The van der Waals surface area contributed by atoms with Gasteiger partial charge in [0.2, 0.25) is 0 Å². The van der Waals surface area contributed by atoms with Crippen molar-refractivity contribution >= 4 is 17.5 Å². The summed E-state index contributed by atoms with van der Waals surface area (Å²) in [5, 5.41) is 2.22. The van der Waals surface area contributed by atoms with Crippen molar-refractivity contribution < 1.29 is 49.8 Å². The average molecular weight is 508 g/mol. The van der Waals surface area contributed by atoms with Gasteiger partial charge in [0.1, 0.15) is 23.5 Å². The fourth-order valence-electron chi connectivity index (χ4n) is 4.01. The van der Waals surface area contributed by atoms with Crippen LogP contribution in [0.15, 0.2) is 36.4 Å². The summed E-state index contributed by atoms with van der Waals surface area (Å²) in [7, 11) is 0. The van der Waals surface area contributed by atoms with Crippen LogP contribution in [-0.4, -0.2) is 36.3 Å². The first-order chi connectivity index (χ1) is 16.2. The summed E-state index contributed by atoms with van der Waals surface area (Å²) in [4.78, 5) is 24.4. The van der Waals surface area contributed by atoms with Gasteiger partial charge in [-0.05, 0) is 31.2 Å². The van der Waals surface area contributed by atoms with Crippen molar-refractivity contribution in [1.29, 1.82) is 0 Å². The number of carbonyl (C=O) groups is 2. The molecule has 190 valence electrons. The van der Waals surface area contributed by atoms with Crippen molar-refractivity contribution in [3.63, 3.8) is 0 Å². The summed E-state index contributed by atoms with van der Waals surface area (Å²) in [6.07, 6.45) is -6.91. The minimum Gasteiger partial charge on any atom is -0.434 e. The highest BCUT2D eigenvalue weighted by molar-refractivity contribution is 5.98. The largest absolute Gasteiger partial charge is 0.434 e. The molecule has 3 rings (SSSR count). The van der Waals surface area contributed by atoms with E-state index in [-0.39, 0.29) is 11.3 Å². The second-order valence-corrected chi connectivity index (χ2v) is 8.07. The van der Waals surface area contributed by atoms with Crippen molar-refractivity contribution in [2.24, 2.45) is 11.7 Å². The average Bonchev–Trinajstić information content (AvgIpc) is 3.01. The zero-order valence-electron chi connectivity index (χ0n) is 18.1. The minimum absolute atomic E-state index is 0.191. The van der Waals surface area contributed by atoms with Crippen molar-refractivity contribution in [2.45, 2.75) is 44.3 Å². The van der Waals surface area contributed by atoms with Gasteiger partial charge >= 0.3 is 12.8 Å². The maximum atomic E-state index is 13.9. The van der Waals surface area contributed by atoms with Crippen LogP contribution in [0.2, 0.25) is 0 Å². The smallest absolute Gasteiger partial charge is 0.417 e. The van der Waals surface area contributed by atoms with Gasteiger partial charge in [0.05, 0.1) is 5.56 Å². The molecule has 1 fully saturated rings. The second kappa shape index (κ2) is 9.36. The number of nitrogens with two attached hydrogens (primary N) is 1. The Morgan fingerprint density at radius 1 is 1.14 bits per heavy atom. The summed E-state index contributed by atoms with van der Waals surface area (Å²) in [6.45, 7) is -1.64. The maximum absolute atomic E-state index is 13.9. The number of alkyl halides is 5. The third kappa shape index (κ3) is 5.04. The van der Waals surface area contributed by atoms with E-state index in [9.17, 15) is 40.3 Å². The molecule has 0 spiro atoms. The molecule has 2 aromatic carbocycles. The number of halogens is 7. The Morgan fingerprint density at radius 3 is 2.37 bits per heavy atom. The van der Waals surface area contributed by atoms with Crippen LogP contribution in [-0.2, 0) is 9.53 Å². The van der Waals surface area contributed by atoms with Gasteiger partial charge in [0.25, 0.3) is 11.8 Å². The number of hydrogen-bond acceptors (Lipinski definition) is 4. The van der Waals surface area contributed by atoms with Crippen molar-refractivity contribution in [3.8, 4) is 5.75 Å². The van der Waals surface area contributed by atoms with Gasteiger partial charge in [-0.2, -0.15) is 22.0 Å². The Bertz CT molecular complexity index is 1140. The molecule has 1 heterocycles. The lowest BCUT2D eigenvalue weighted by Crippen LogP contribution is -2.47. The van der Waals surface area contributed by atoms with E-state index in [0.29, 0.717) is 13.0 Å². The molecule has 2 amide bonds. The second-order valence-electron chi connectivity index (χ2n) is 8.07. The highest BCUT2D eigenvalue weighted by Crippen LogP contribution is 2.54. The zero-order chi connectivity index (χ0) is 26.3. The lowest BCUT2D eigenvalue weighted by Gasteiger charge is -2.32. The number of ether oxygens (including phenoxy) is 2. The number of amides is 2. The van der Waals surface area contributed by atoms with Crippen LogP contribution >= 0.6 is 0 Å². The van der Waals surface area contributed by atoms with Crippen molar-refractivity contribution in [1.82, 2.24) is 0 Å². The van der Waals surface area contributed by atoms with Crippen LogP contribution in [0.3, 0.4) is 0 Å². The minimum atomic E-state index is -4.99. The highest BCUT2D eigenvalue weighted by Gasteiger charge is 2.65. The Morgan fingerprint density at radius 2 is 1.80 bits per heavy atom. The standard InChI is InChI=1S/C22H19F7N2O4/c1-9-16(12-5-3-10(23)7-15(12)34-20(25)26)17(35-21(9,2)22(27,28)29)19(33)31-11-4-6-14(24)13(8-11)18(30)32/h3-9,16-17,20H,1-2H3,(H2,30,32)(H,31,33)/t9-,16+,17+,21-/m1/s1. The van der Waals surface area contributed by atoms with E-state index >= 15 is 0 Å². The van der Waals surface area contributed by atoms with Crippen molar-refractivity contribution in [3.05, 3.63) is 59.2 Å². The Kier molecular flexibility index (Phi) is 7.02. The highest BCUT2D eigenvalue weighted by atomic mass is 19.4.